The number of rotatable bonds is 2. The van der Waals surface area contributed by atoms with Crippen LogP contribution in [0, 0.1) is 12.7 Å². The number of fused-ring (bicyclic) bond motifs is 1. The lowest BCUT2D eigenvalue weighted by Crippen LogP contribution is -2.17. The second kappa shape index (κ2) is 5.27. The van der Waals surface area contributed by atoms with Gasteiger partial charge < -0.3 is 5.32 Å². The molecule has 0 atom stereocenters. The average molecular weight is 321 g/mol. The third kappa shape index (κ3) is 2.46. The third-order valence-corrected chi connectivity index (χ3v) is 3.34. The molecular formula is C14H10ClFN4O2. The van der Waals surface area contributed by atoms with E-state index in [1.54, 1.807) is 6.92 Å². The Balaban J connectivity index is 1.99. The highest BCUT2D eigenvalue weighted by Gasteiger charge is 2.15. The Morgan fingerprint density at radius 1 is 1.41 bits per heavy atom. The maximum Gasteiger partial charge on any atom is 0.272 e. The summed E-state index contributed by atoms with van der Waals surface area (Å²) < 4.78 is 14.3. The normalized spacial score (nSPS) is 10.9. The molecule has 2 heterocycles. The number of carbonyl (C=O) groups excluding carboxylic acids is 1. The van der Waals surface area contributed by atoms with E-state index < -0.39 is 11.7 Å². The zero-order valence-electron chi connectivity index (χ0n) is 11.4. The Kier molecular flexibility index (Phi) is 3.42. The molecule has 22 heavy (non-hydrogen) atoms. The first-order chi connectivity index (χ1) is 10.5. The zero-order valence-corrected chi connectivity index (χ0v) is 12.1. The van der Waals surface area contributed by atoms with Crippen LogP contribution in [-0.2, 0) is 0 Å². The summed E-state index contributed by atoms with van der Waals surface area (Å²) in [7, 11) is 0. The second-order valence-electron chi connectivity index (χ2n) is 4.66. The number of aromatic amines is 1. The van der Waals surface area contributed by atoms with Gasteiger partial charge in [0.2, 0.25) is 0 Å². The van der Waals surface area contributed by atoms with Crippen molar-refractivity contribution < 1.29 is 9.18 Å². The number of carbonyl (C=O) groups is 1. The van der Waals surface area contributed by atoms with Crippen molar-refractivity contribution in [3.63, 3.8) is 0 Å². The van der Waals surface area contributed by atoms with Gasteiger partial charge in [-0.15, -0.1) is 0 Å². The molecule has 0 aliphatic rings. The molecule has 0 fully saturated rings. The molecule has 3 rings (SSSR count). The van der Waals surface area contributed by atoms with E-state index in [1.165, 1.54) is 28.9 Å². The summed E-state index contributed by atoms with van der Waals surface area (Å²) in [6, 6.07) is 5.19. The van der Waals surface area contributed by atoms with Crippen LogP contribution < -0.4 is 10.9 Å². The first-order valence-corrected chi connectivity index (χ1v) is 6.67. The maximum absolute atomic E-state index is 13.1. The first kappa shape index (κ1) is 14.3. The van der Waals surface area contributed by atoms with Gasteiger partial charge >= 0.3 is 0 Å². The van der Waals surface area contributed by atoms with Gasteiger partial charge in [0.25, 0.3) is 11.5 Å². The predicted molar refractivity (Wildman–Crippen MR) is 79.9 cm³/mol. The fourth-order valence-corrected chi connectivity index (χ4v) is 2.22. The minimum absolute atomic E-state index is 0.0954. The summed E-state index contributed by atoms with van der Waals surface area (Å²) in [5, 5.41) is 5.15. The molecule has 2 N–H and O–H groups in total. The summed E-state index contributed by atoms with van der Waals surface area (Å²) in [4.78, 5) is 28.2. The van der Waals surface area contributed by atoms with Crippen LogP contribution in [0.5, 0.6) is 0 Å². The van der Waals surface area contributed by atoms with Crippen molar-refractivity contribution >= 4 is 28.8 Å². The third-order valence-electron chi connectivity index (χ3n) is 3.05. The van der Waals surface area contributed by atoms with Gasteiger partial charge in [-0.3, -0.25) is 14.7 Å². The van der Waals surface area contributed by atoms with Gasteiger partial charge in [0.05, 0.1) is 5.02 Å². The maximum atomic E-state index is 13.1. The van der Waals surface area contributed by atoms with Gasteiger partial charge in [-0.05, 0) is 25.1 Å². The molecule has 6 nitrogen and oxygen atoms in total. The molecule has 0 saturated heterocycles. The SMILES string of the molecule is Cc1cc(=O)n2[nH]cc(C(=O)Nc3ccc(F)c(Cl)c3)c2n1. The van der Waals surface area contributed by atoms with Crippen LogP contribution in [0.4, 0.5) is 10.1 Å². The molecule has 2 aromatic heterocycles. The molecular weight excluding hydrogens is 311 g/mol. The number of nitrogens with one attached hydrogen (secondary N) is 2. The van der Waals surface area contributed by atoms with Crippen LogP contribution in [-0.4, -0.2) is 20.5 Å². The molecule has 0 radical (unpaired) electrons. The van der Waals surface area contributed by atoms with Crippen molar-refractivity contribution in [2.75, 3.05) is 5.32 Å². The van der Waals surface area contributed by atoms with Gasteiger partial charge in [0.15, 0.2) is 5.65 Å². The lowest BCUT2D eigenvalue weighted by atomic mass is 10.2. The second-order valence-corrected chi connectivity index (χ2v) is 5.07. The fourth-order valence-electron chi connectivity index (χ4n) is 2.04. The lowest BCUT2D eigenvalue weighted by Gasteiger charge is -2.05. The van der Waals surface area contributed by atoms with Crippen molar-refractivity contribution in [3.05, 3.63) is 62.9 Å². The Bertz CT molecular complexity index is 948. The van der Waals surface area contributed by atoms with Crippen LogP contribution >= 0.6 is 11.6 Å². The lowest BCUT2D eigenvalue weighted by molar-refractivity contribution is 0.102. The molecule has 8 heteroatoms. The van der Waals surface area contributed by atoms with Gasteiger partial charge in [-0.2, -0.15) is 0 Å². The molecule has 1 aromatic carbocycles. The minimum atomic E-state index is -0.574. The molecule has 0 saturated carbocycles. The van der Waals surface area contributed by atoms with Crippen molar-refractivity contribution in [2.24, 2.45) is 0 Å². The van der Waals surface area contributed by atoms with Gasteiger partial charge in [0.1, 0.15) is 11.4 Å². The van der Waals surface area contributed by atoms with Crippen LogP contribution in [0.15, 0.2) is 35.3 Å². The van der Waals surface area contributed by atoms with E-state index in [9.17, 15) is 14.0 Å². The minimum Gasteiger partial charge on any atom is -0.322 e. The van der Waals surface area contributed by atoms with E-state index in [1.807, 2.05) is 0 Å². The Labute approximate surface area is 128 Å². The van der Waals surface area contributed by atoms with E-state index in [-0.39, 0.29) is 21.8 Å². The summed E-state index contributed by atoms with van der Waals surface area (Å²) in [5.74, 6) is -1.06. The standard InChI is InChI=1S/C14H10ClFN4O2/c1-7-4-12(21)20-13(18-7)9(6-17-20)14(22)19-8-2-3-11(16)10(15)5-8/h2-6,17H,1H3,(H,19,22). The van der Waals surface area contributed by atoms with Crippen LogP contribution in [0.3, 0.4) is 0 Å². The largest absolute Gasteiger partial charge is 0.322 e. The molecule has 3 aromatic rings. The molecule has 0 unspecified atom stereocenters. The van der Waals surface area contributed by atoms with Gasteiger partial charge in [0, 0.05) is 23.6 Å². The smallest absolute Gasteiger partial charge is 0.272 e. The quantitative estimate of drug-likeness (QED) is 0.761. The highest BCUT2D eigenvalue weighted by molar-refractivity contribution is 6.31. The van der Waals surface area contributed by atoms with Crippen molar-refractivity contribution in [3.8, 4) is 0 Å². The predicted octanol–water partition coefficient (Wildman–Crippen LogP) is 2.38. The molecule has 1 amide bonds. The van der Waals surface area contributed by atoms with Crippen LogP contribution in [0.25, 0.3) is 5.65 Å². The highest BCUT2D eigenvalue weighted by Crippen LogP contribution is 2.20. The number of H-pyrrole nitrogens is 1. The molecule has 0 aliphatic carbocycles. The average Bonchev–Trinajstić information content (AvgIpc) is 2.87. The molecule has 112 valence electrons. The van der Waals surface area contributed by atoms with E-state index >= 15 is 0 Å². The monoisotopic (exact) mass is 320 g/mol. The zero-order chi connectivity index (χ0) is 15.9. The number of anilines is 1. The van der Waals surface area contributed by atoms with E-state index in [4.69, 9.17) is 11.6 Å². The summed E-state index contributed by atoms with van der Waals surface area (Å²) in [6.45, 7) is 1.66. The number of nitrogens with zero attached hydrogens (tertiary/aromatic N) is 2. The number of halogens is 2. The Morgan fingerprint density at radius 2 is 2.18 bits per heavy atom. The summed E-state index contributed by atoms with van der Waals surface area (Å²) in [5.41, 5.74) is 0.942. The van der Waals surface area contributed by atoms with Gasteiger partial charge in [-0.1, -0.05) is 11.6 Å². The Morgan fingerprint density at radius 3 is 2.91 bits per heavy atom. The number of amides is 1. The topological polar surface area (TPSA) is 79.3 Å². The fraction of sp³-hybridized carbons (Fsp3) is 0.0714. The van der Waals surface area contributed by atoms with Gasteiger partial charge in [-0.25, -0.2) is 13.9 Å². The number of hydrogen-bond donors (Lipinski definition) is 2. The molecule has 0 bridgehead atoms. The van der Waals surface area contributed by atoms with Crippen molar-refractivity contribution in [1.29, 1.82) is 0 Å². The first-order valence-electron chi connectivity index (χ1n) is 6.30. The highest BCUT2D eigenvalue weighted by atomic mass is 35.5. The van der Waals surface area contributed by atoms with Crippen LogP contribution in [0.1, 0.15) is 16.1 Å². The van der Waals surface area contributed by atoms with Crippen LogP contribution in [0.2, 0.25) is 5.02 Å². The molecule has 0 aliphatic heterocycles. The number of aryl methyl sites for hydroxylation is 1. The van der Waals surface area contributed by atoms with E-state index in [0.717, 1.165) is 6.07 Å². The summed E-state index contributed by atoms with van der Waals surface area (Å²) >= 11 is 5.67. The van der Waals surface area contributed by atoms with E-state index in [2.05, 4.69) is 15.4 Å². The number of hydrogen-bond acceptors (Lipinski definition) is 3. The number of benzene rings is 1. The number of aromatic nitrogens is 3. The van der Waals surface area contributed by atoms with Crippen molar-refractivity contribution in [2.45, 2.75) is 6.92 Å². The summed E-state index contributed by atoms with van der Waals surface area (Å²) in [6.07, 6.45) is 1.38. The van der Waals surface area contributed by atoms with Crippen molar-refractivity contribution in [1.82, 2.24) is 14.6 Å². The Hall–Kier alpha value is -2.67. The van der Waals surface area contributed by atoms with E-state index in [0.29, 0.717) is 11.4 Å². The molecule has 0 spiro atoms.